The van der Waals surface area contributed by atoms with E-state index < -0.39 is 24.1 Å². The number of pyridine rings is 2. The van der Waals surface area contributed by atoms with E-state index in [2.05, 4.69) is 25.1 Å². The van der Waals surface area contributed by atoms with Crippen LogP contribution in [0, 0.1) is 0 Å². The summed E-state index contributed by atoms with van der Waals surface area (Å²) in [7, 11) is 4.04. The van der Waals surface area contributed by atoms with Crippen LogP contribution in [0.2, 0.25) is 10.0 Å². The topological polar surface area (TPSA) is 174 Å². The molecule has 4 N–H and O–H groups in total. The number of fused-ring (bicyclic) bond motifs is 1. The van der Waals surface area contributed by atoms with E-state index in [1.807, 2.05) is 48.5 Å². The lowest BCUT2D eigenvalue weighted by atomic mass is 9.97. The molecule has 13 nitrogen and oxygen atoms in total. The molecule has 0 fully saturated rings. The molecule has 2 aromatic carbocycles. The number of carbonyl (C=O) groups excluding carboxylic acids is 2. The van der Waals surface area contributed by atoms with Gasteiger partial charge in [-0.3, -0.25) is 18.8 Å². The van der Waals surface area contributed by atoms with Crippen LogP contribution in [0.5, 0.6) is 5.88 Å². The molecule has 0 amide bonds. The number of esters is 2. The summed E-state index contributed by atoms with van der Waals surface area (Å²) < 4.78 is 16.2. The Morgan fingerprint density at radius 3 is 1.96 bits per heavy atom. The highest BCUT2D eigenvalue weighted by Crippen LogP contribution is 2.42. The number of aliphatic hydroxyl groups is 2. The van der Waals surface area contributed by atoms with E-state index in [4.69, 9.17) is 32.9 Å². The summed E-state index contributed by atoms with van der Waals surface area (Å²) in [5.41, 5.74) is 5.34. The maximum atomic E-state index is 13.2. The fraction of sp³-hybridized carbons (Fsp3) is 0.289. The molecule has 0 radical (unpaired) electrons. The van der Waals surface area contributed by atoms with Gasteiger partial charge in [0.25, 0.3) is 5.56 Å². The number of hydrogen-bond acceptors (Lipinski definition) is 12. The van der Waals surface area contributed by atoms with Crippen molar-refractivity contribution in [3.63, 3.8) is 0 Å². The minimum atomic E-state index is -0.950. The maximum Gasteiger partial charge on any atom is 0.308 e. The van der Waals surface area contributed by atoms with Crippen LogP contribution in [0.25, 0.3) is 39.2 Å². The van der Waals surface area contributed by atoms with Crippen LogP contribution >= 0.6 is 23.2 Å². The van der Waals surface area contributed by atoms with Crippen LogP contribution in [0.15, 0.2) is 77.9 Å². The highest BCUT2D eigenvalue weighted by Gasteiger charge is 2.19. The molecule has 15 heteroatoms. The molecule has 0 saturated heterocycles. The van der Waals surface area contributed by atoms with Crippen molar-refractivity contribution in [3.8, 4) is 39.4 Å². The van der Waals surface area contributed by atoms with Crippen LogP contribution in [0.1, 0.15) is 24.0 Å². The SMILES string of the molecule is COC(=O)C[C@H](O)CNCc1ccc(-c2cccc(-c3cccc(-c4ccn5c(=O)c(CNC[C@H](O)CC(=O)OC)cnc5c4)c3Cl)c2Cl)nc1OC. The van der Waals surface area contributed by atoms with E-state index in [0.29, 0.717) is 61.6 Å². The fourth-order valence-electron chi connectivity index (χ4n) is 5.68. The average Bonchev–Trinajstić information content (AvgIpc) is 3.16. The van der Waals surface area contributed by atoms with Crippen molar-refractivity contribution in [1.82, 2.24) is 25.0 Å². The number of hydrogen-bond donors (Lipinski definition) is 4. The first-order valence-corrected chi connectivity index (χ1v) is 17.3. The highest BCUT2D eigenvalue weighted by molar-refractivity contribution is 6.39. The first kappa shape index (κ1) is 39.3. The van der Waals surface area contributed by atoms with Crippen molar-refractivity contribution in [1.29, 1.82) is 0 Å². The molecule has 0 unspecified atom stereocenters. The number of aliphatic hydroxyl groups excluding tert-OH is 2. The molecular weight excluding hydrogens is 725 g/mol. The van der Waals surface area contributed by atoms with E-state index in [9.17, 15) is 24.6 Å². The van der Waals surface area contributed by atoms with Crippen LogP contribution in [-0.4, -0.2) is 83.1 Å². The quantitative estimate of drug-likeness (QED) is 0.104. The van der Waals surface area contributed by atoms with E-state index >= 15 is 0 Å². The number of carbonyl (C=O) groups is 2. The Balaban J connectivity index is 1.35. The minimum absolute atomic E-state index is 0.0982. The number of methoxy groups -OCH3 is 3. The van der Waals surface area contributed by atoms with Gasteiger partial charge in [-0.15, -0.1) is 0 Å². The second-order valence-electron chi connectivity index (χ2n) is 12.1. The Bertz CT molecular complexity index is 2160. The Labute approximate surface area is 315 Å². The number of benzene rings is 2. The molecule has 3 heterocycles. The van der Waals surface area contributed by atoms with Crippen molar-refractivity contribution in [2.75, 3.05) is 34.4 Å². The predicted molar refractivity (Wildman–Crippen MR) is 201 cm³/mol. The van der Waals surface area contributed by atoms with Gasteiger partial charge in [0.1, 0.15) is 5.65 Å². The highest BCUT2D eigenvalue weighted by atomic mass is 35.5. The third kappa shape index (κ3) is 9.57. The number of nitrogens with one attached hydrogen (secondary N) is 2. The zero-order valence-electron chi connectivity index (χ0n) is 29.3. The van der Waals surface area contributed by atoms with Crippen LogP contribution in [0.4, 0.5) is 0 Å². The Morgan fingerprint density at radius 2 is 1.36 bits per heavy atom. The minimum Gasteiger partial charge on any atom is -0.481 e. The van der Waals surface area contributed by atoms with Crippen LogP contribution < -0.4 is 20.9 Å². The third-order valence-corrected chi connectivity index (χ3v) is 9.25. The molecule has 278 valence electrons. The van der Waals surface area contributed by atoms with Gasteiger partial charge < -0.3 is 35.1 Å². The van der Waals surface area contributed by atoms with Gasteiger partial charge in [-0.2, -0.15) is 0 Å². The summed E-state index contributed by atoms with van der Waals surface area (Å²) in [6, 6.07) is 18.4. The molecule has 0 bridgehead atoms. The summed E-state index contributed by atoms with van der Waals surface area (Å²) >= 11 is 14.1. The molecular formula is C38H39Cl2N5O8. The number of rotatable bonds is 16. The maximum absolute atomic E-state index is 13.2. The summed E-state index contributed by atoms with van der Waals surface area (Å²) in [5.74, 6) is -0.640. The largest absolute Gasteiger partial charge is 0.481 e. The van der Waals surface area contributed by atoms with Crippen molar-refractivity contribution < 1.29 is 34.0 Å². The standard InChI is InChI=1S/C38H39Cl2N5O8/c1-51-33(48)15-25(46)20-41-17-23-10-11-31(44-37(23)53-3)30-9-5-8-29(36(30)40)28-7-4-6-27(35(28)39)22-12-13-45-32(14-22)43-19-24(38(45)50)18-42-21-26(47)16-34(49)52-2/h4-14,19,25-26,41-42,46-47H,15-18,20-21H2,1-3H3/t25-,26+/m0/s1. The van der Waals surface area contributed by atoms with Gasteiger partial charge in [0.15, 0.2) is 0 Å². The normalized spacial score (nSPS) is 12.4. The fourth-order valence-corrected chi connectivity index (χ4v) is 6.34. The van der Waals surface area contributed by atoms with E-state index in [-0.39, 0.29) is 38.0 Å². The lowest BCUT2D eigenvalue weighted by Crippen LogP contribution is -2.31. The third-order valence-electron chi connectivity index (χ3n) is 8.44. The zero-order valence-corrected chi connectivity index (χ0v) is 30.8. The first-order chi connectivity index (χ1) is 25.5. The van der Waals surface area contributed by atoms with Gasteiger partial charge in [-0.05, 0) is 23.8 Å². The first-order valence-electron chi connectivity index (χ1n) is 16.6. The van der Waals surface area contributed by atoms with Crippen molar-refractivity contribution in [2.24, 2.45) is 0 Å². The molecule has 0 spiro atoms. The lowest BCUT2D eigenvalue weighted by molar-refractivity contribution is -0.143. The average molecular weight is 765 g/mol. The molecule has 53 heavy (non-hydrogen) atoms. The van der Waals surface area contributed by atoms with Crippen LogP contribution in [0.3, 0.4) is 0 Å². The van der Waals surface area contributed by atoms with Gasteiger partial charge in [-0.1, -0.05) is 65.7 Å². The second-order valence-corrected chi connectivity index (χ2v) is 12.8. The Kier molecular flexibility index (Phi) is 13.5. The number of ether oxygens (including phenoxy) is 3. The van der Waals surface area contributed by atoms with E-state index in [1.165, 1.54) is 31.9 Å². The van der Waals surface area contributed by atoms with Crippen molar-refractivity contribution >= 4 is 40.8 Å². The molecule has 5 aromatic rings. The Morgan fingerprint density at radius 1 is 0.792 bits per heavy atom. The van der Waals surface area contributed by atoms with E-state index in [0.717, 1.165) is 11.1 Å². The number of halogens is 2. The summed E-state index contributed by atoms with van der Waals surface area (Å²) in [6.07, 6.45) is 0.998. The van der Waals surface area contributed by atoms with Gasteiger partial charge in [-0.25, -0.2) is 9.97 Å². The summed E-state index contributed by atoms with van der Waals surface area (Å²) in [5, 5.41) is 27.0. The van der Waals surface area contributed by atoms with E-state index in [1.54, 1.807) is 18.3 Å². The Hall–Kier alpha value is -4.89. The van der Waals surface area contributed by atoms with Crippen molar-refractivity contribution in [2.45, 2.75) is 38.1 Å². The van der Waals surface area contributed by atoms with Crippen LogP contribution in [-0.2, 0) is 32.2 Å². The van der Waals surface area contributed by atoms with Gasteiger partial charge in [0.2, 0.25) is 5.88 Å². The van der Waals surface area contributed by atoms with Crippen molar-refractivity contribution in [3.05, 3.63) is 105 Å². The van der Waals surface area contributed by atoms with Gasteiger partial charge >= 0.3 is 11.9 Å². The van der Waals surface area contributed by atoms with Gasteiger partial charge in [0.05, 0.1) is 62.1 Å². The molecule has 0 aliphatic carbocycles. The summed E-state index contributed by atoms with van der Waals surface area (Å²) in [6.45, 7) is 0.763. The zero-order chi connectivity index (χ0) is 38.1. The second kappa shape index (κ2) is 18.2. The predicted octanol–water partition coefficient (Wildman–Crippen LogP) is 4.43. The molecule has 3 aromatic heterocycles. The number of aromatic nitrogens is 3. The summed E-state index contributed by atoms with van der Waals surface area (Å²) in [4.78, 5) is 45.2. The molecule has 0 aliphatic rings. The molecule has 0 aliphatic heterocycles. The van der Waals surface area contributed by atoms with Gasteiger partial charge in [0, 0.05) is 72.0 Å². The molecule has 2 atom stereocenters. The monoisotopic (exact) mass is 763 g/mol. The molecule has 0 saturated carbocycles. The smallest absolute Gasteiger partial charge is 0.308 e. The molecule has 5 rings (SSSR count). The lowest BCUT2D eigenvalue weighted by Gasteiger charge is -2.16. The number of nitrogens with zero attached hydrogens (tertiary/aromatic N) is 3.